The average Bonchev–Trinajstić information content (AvgIpc) is 2.86. The lowest BCUT2D eigenvalue weighted by Gasteiger charge is -2.26. The summed E-state index contributed by atoms with van der Waals surface area (Å²) in [7, 11) is 4.11. The van der Waals surface area contributed by atoms with Gasteiger partial charge in [0.15, 0.2) is 5.69 Å². The molecule has 0 aromatic carbocycles. The topological polar surface area (TPSA) is 73.0 Å². The van der Waals surface area contributed by atoms with Crippen LogP contribution in [0.4, 0.5) is 0 Å². The lowest BCUT2D eigenvalue weighted by molar-refractivity contribution is 0.0932. The first-order valence-corrected chi connectivity index (χ1v) is 7.70. The molecule has 1 aromatic heterocycles. The van der Waals surface area contributed by atoms with E-state index in [2.05, 4.69) is 53.7 Å². The third-order valence-corrected chi connectivity index (χ3v) is 3.99. The highest BCUT2D eigenvalue weighted by atomic mass is 16.1. The zero-order valence-corrected chi connectivity index (χ0v) is 13.5. The number of rotatable bonds is 6. The van der Waals surface area contributed by atoms with Crippen LogP contribution in [0.5, 0.6) is 0 Å². The average molecular weight is 293 g/mol. The maximum Gasteiger partial charge on any atom is 0.272 e. The van der Waals surface area contributed by atoms with Gasteiger partial charge in [0.25, 0.3) is 5.91 Å². The Morgan fingerprint density at radius 1 is 1.43 bits per heavy atom. The number of hydrogen-bond donors (Lipinski definition) is 3. The molecule has 1 aliphatic rings. The third kappa shape index (κ3) is 4.04. The number of nitrogens with zero attached hydrogens (tertiary/aromatic N) is 2. The number of H-pyrrole nitrogens is 1. The summed E-state index contributed by atoms with van der Waals surface area (Å²) in [5.74, 6) is 0.531. The smallest absolute Gasteiger partial charge is 0.272 e. The van der Waals surface area contributed by atoms with Gasteiger partial charge in [-0.1, -0.05) is 13.8 Å². The van der Waals surface area contributed by atoms with Crippen LogP contribution in [0.2, 0.25) is 0 Å². The zero-order valence-electron chi connectivity index (χ0n) is 13.5. The molecule has 1 amide bonds. The van der Waals surface area contributed by atoms with Crippen molar-refractivity contribution in [1.29, 1.82) is 0 Å². The molecule has 1 aliphatic heterocycles. The number of nitrogens with one attached hydrogen (secondary N) is 3. The summed E-state index contributed by atoms with van der Waals surface area (Å²) in [6.45, 7) is 6.71. The molecule has 6 heteroatoms. The van der Waals surface area contributed by atoms with E-state index >= 15 is 0 Å². The van der Waals surface area contributed by atoms with Crippen molar-refractivity contribution in [3.63, 3.8) is 0 Å². The van der Waals surface area contributed by atoms with Crippen LogP contribution in [0, 0.1) is 5.92 Å². The standard InChI is InChI=1S/C15H27N5O/c1-10(2)7-11(20(3)4)8-17-15(21)14-12-9-16-6-5-13(12)18-19-14/h10-11,16H,5-9H2,1-4H3,(H,17,21)(H,18,19). The summed E-state index contributed by atoms with van der Waals surface area (Å²) in [5.41, 5.74) is 2.65. The SMILES string of the molecule is CC(C)CC(CNC(=O)c1n[nH]c2c1CNCC2)N(C)C. The monoisotopic (exact) mass is 293 g/mol. The fourth-order valence-electron chi connectivity index (χ4n) is 2.73. The van der Waals surface area contributed by atoms with Crippen LogP contribution < -0.4 is 10.6 Å². The van der Waals surface area contributed by atoms with Gasteiger partial charge in [-0.2, -0.15) is 5.10 Å². The number of hydrogen-bond acceptors (Lipinski definition) is 4. The minimum absolute atomic E-state index is 0.0770. The predicted molar refractivity (Wildman–Crippen MR) is 83.3 cm³/mol. The summed E-state index contributed by atoms with van der Waals surface area (Å²) < 4.78 is 0. The molecule has 3 N–H and O–H groups in total. The van der Waals surface area contributed by atoms with Crippen LogP contribution in [-0.4, -0.2) is 54.2 Å². The van der Waals surface area contributed by atoms with Gasteiger partial charge in [0.05, 0.1) is 0 Å². The number of carbonyl (C=O) groups is 1. The first-order valence-electron chi connectivity index (χ1n) is 7.70. The molecule has 0 spiro atoms. The molecule has 118 valence electrons. The van der Waals surface area contributed by atoms with E-state index in [0.717, 1.165) is 37.2 Å². The van der Waals surface area contributed by atoms with Crippen molar-refractivity contribution >= 4 is 5.91 Å². The zero-order chi connectivity index (χ0) is 15.4. The Kier molecular flexibility index (Phi) is 5.36. The van der Waals surface area contributed by atoms with Crippen molar-refractivity contribution in [3.8, 4) is 0 Å². The lowest BCUT2D eigenvalue weighted by Crippen LogP contribution is -2.41. The van der Waals surface area contributed by atoms with E-state index < -0.39 is 0 Å². The van der Waals surface area contributed by atoms with Gasteiger partial charge in [0.1, 0.15) is 0 Å². The highest BCUT2D eigenvalue weighted by Gasteiger charge is 2.22. The summed E-state index contributed by atoms with van der Waals surface area (Å²) in [6.07, 6.45) is 1.97. The van der Waals surface area contributed by atoms with Gasteiger partial charge < -0.3 is 15.5 Å². The lowest BCUT2D eigenvalue weighted by atomic mass is 10.0. The number of amides is 1. The van der Waals surface area contributed by atoms with Crippen molar-refractivity contribution in [2.45, 2.75) is 39.3 Å². The summed E-state index contributed by atoms with van der Waals surface area (Å²) in [5, 5.41) is 13.5. The molecule has 0 fully saturated rings. The first-order chi connectivity index (χ1) is 9.99. The molecule has 0 saturated heterocycles. The van der Waals surface area contributed by atoms with Gasteiger partial charge >= 0.3 is 0 Å². The van der Waals surface area contributed by atoms with Crippen LogP contribution in [0.25, 0.3) is 0 Å². The van der Waals surface area contributed by atoms with Gasteiger partial charge in [-0.05, 0) is 26.4 Å². The van der Waals surface area contributed by atoms with Crippen molar-refractivity contribution < 1.29 is 4.79 Å². The van der Waals surface area contributed by atoms with Crippen molar-refractivity contribution in [1.82, 2.24) is 25.7 Å². The summed E-state index contributed by atoms with van der Waals surface area (Å²) >= 11 is 0. The van der Waals surface area contributed by atoms with Gasteiger partial charge in [0, 0.05) is 43.4 Å². The molecule has 0 saturated carbocycles. The largest absolute Gasteiger partial charge is 0.349 e. The molecular weight excluding hydrogens is 266 g/mol. The normalized spacial score (nSPS) is 16.1. The van der Waals surface area contributed by atoms with Crippen molar-refractivity contribution in [2.24, 2.45) is 5.92 Å². The quantitative estimate of drug-likeness (QED) is 0.724. The van der Waals surface area contributed by atoms with Gasteiger partial charge in [-0.3, -0.25) is 9.89 Å². The summed E-state index contributed by atoms with van der Waals surface area (Å²) in [4.78, 5) is 14.5. The number of carbonyl (C=O) groups excluding carboxylic acids is 1. The fourth-order valence-corrected chi connectivity index (χ4v) is 2.73. The summed E-state index contributed by atoms with van der Waals surface area (Å²) in [6, 6.07) is 0.349. The van der Waals surface area contributed by atoms with E-state index in [1.54, 1.807) is 0 Å². The second kappa shape index (κ2) is 7.04. The van der Waals surface area contributed by atoms with Crippen LogP contribution in [0.1, 0.15) is 42.0 Å². The number of aromatic amines is 1. The molecule has 1 aromatic rings. The van der Waals surface area contributed by atoms with Crippen LogP contribution in [-0.2, 0) is 13.0 Å². The Morgan fingerprint density at radius 2 is 2.19 bits per heavy atom. The third-order valence-electron chi connectivity index (χ3n) is 3.99. The Morgan fingerprint density at radius 3 is 2.86 bits per heavy atom. The minimum Gasteiger partial charge on any atom is -0.349 e. The van der Waals surface area contributed by atoms with Gasteiger partial charge in [-0.15, -0.1) is 0 Å². The molecule has 21 heavy (non-hydrogen) atoms. The molecular formula is C15H27N5O. The van der Waals surface area contributed by atoms with Crippen molar-refractivity contribution in [2.75, 3.05) is 27.2 Å². The van der Waals surface area contributed by atoms with E-state index in [1.165, 1.54) is 0 Å². The van der Waals surface area contributed by atoms with Crippen molar-refractivity contribution in [3.05, 3.63) is 17.0 Å². The van der Waals surface area contributed by atoms with Crippen LogP contribution in [0.15, 0.2) is 0 Å². The second-order valence-corrected chi connectivity index (χ2v) is 6.41. The second-order valence-electron chi connectivity index (χ2n) is 6.41. The van der Waals surface area contributed by atoms with Gasteiger partial charge in [-0.25, -0.2) is 0 Å². The molecule has 1 unspecified atom stereocenters. The molecule has 0 bridgehead atoms. The number of fused-ring (bicyclic) bond motifs is 1. The Labute approximate surface area is 126 Å². The predicted octanol–water partition coefficient (Wildman–Crippen LogP) is 0.762. The fraction of sp³-hybridized carbons (Fsp3) is 0.733. The molecule has 0 aliphatic carbocycles. The van der Waals surface area contributed by atoms with Gasteiger partial charge in [0.2, 0.25) is 0 Å². The maximum absolute atomic E-state index is 12.4. The molecule has 2 rings (SSSR count). The van der Waals surface area contributed by atoms with E-state index in [0.29, 0.717) is 24.2 Å². The molecule has 2 heterocycles. The highest BCUT2D eigenvalue weighted by molar-refractivity contribution is 5.94. The minimum atomic E-state index is -0.0770. The van der Waals surface area contributed by atoms with E-state index in [-0.39, 0.29) is 5.91 Å². The van der Waals surface area contributed by atoms with E-state index in [4.69, 9.17) is 0 Å². The maximum atomic E-state index is 12.4. The Hall–Kier alpha value is -1.40. The Bertz CT molecular complexity index is 480. The molecule has 0 radical (unpaired) electrons. The van der Waals surface area contributed by atoms with E-state index in [9.17, 15) is 4.79 Å². The Balaban J connectivity index is 1.96. The molecule has 6 nitrogen and oxygen atoms in total. The first kappa shape index (κ1) is 16.0. The highest BCUT2D eigenvalue weighted by Crippen LogP contribution is 2.15. The number of aromatic nitrogens is 2. The molecule has 1 atom stereocenters. The number of likely N-dealkylation sites (N-methyl/N-ethyl adjacent to an activating group) is 1. The van der Waals surface area contributed by atoms with E-state index in [1.807, 2.05) is 0 Å². The van der Waals surface area contributed by atoms with Crippen LogP contribution >= 0.6 is 0 Å². The van der Waals surface area contributed by atoms with Crippen LogP contribution in [0.3, 0.4) is 0 Å².